The maximum absolute atomic E-state index is 13.6. The van der Waals surface area contributed by atoms with E-state index in [1.165, 1.54) is 28.7 Å². The van der Waals surface area contributed by atoms with Crippen LogP contribution in [0.5, 0.6) is 0 Å². The summed E-state index contributed by atoms with van der Waals surface area (Å²) >= 11 is 0. The molecule has 0 unspecified atom stereocenters. The lowest BCUT2D eigenvalue weighted by Gasteiger charge is -2.18. The third kappa shape index (κ3) is 6.18. The quantitative estimate of drug-likeness (QED) is 0.621. The van der Waals surface area contributed by atoms with Crippen molar-refractivity contribution in [1.82, 2.24) is 10.6 Å². The van der Waals surface area contributed by atoms with Gasteiger partial charge < -0.3 is 15.5 Å². The lowest BCUT2D eigenvalue weighted by molar-refractivity contribution is -0.910. The van der Waals surface area contributed by atoms with Gasteiger partial charge in [-0.2, -0.15) is 0 Å². The highest BCUT2D eigenvalue weighted by Crippen LogP contribution is 2.07. The summed E-state index contributed by atoms with van der Waals surface area (Å²) in [5.41, 5.74) is 2.19. The molecule has 6 heteroatoms. The summed E-state index contributed by atoms with van der Waals surface area (Å²) in [6, 6.07) is 13.7. The zero-order valence-electron chi connectivity index (χ0n) is 15.8. The first kappa shape index (κ1) is 20.6. The summed E-state index contributed by atoms with van der Waals surface area (Å²) in [5, 5.41) is 5.26. The number of benzene rings is 2. The van der Waals surface area contributed by atoms with Crippen molar-refractivity contribution < 1.29 is 18.9 Å². The number of carbonyl (C=O) groups is 2. The molecule has 0 saturated carbocycles. The Bertz CT molecular complexity index is 776. The van der Waals surface area contributed by atoms with Gasteiger partial charge in [-0.15, -0.1) is 0 Å². The molecule has 0 aliphatic heterocycles. The topological polar surface area (TPSA) is 62.6 Å². The Morgan fingerprint density at radius 1 is 0.926 bits per heavy atom. The normalized spacial score (nSPS) is 10.7. The van der Waals surface area contributed by atoms with E-state index in [9.17, 15) is 14.0 Å². The fourth-order valence-corrected chi connectivity index (χ4v) is 2.83. The summed E-state index contributed by atoms with van der Waals surface area (Å²) in [4.78, 5) is 25.5. The van der Waals surface area contributed by atoms with Crippen LogP contribution in [-0.4, -0.2) is 31.4 Å². The van der Waals surface area contributed by atoms with Crippen molar-refractivity contribution in [2.24, 2.45) is 0 Å². The van der Waals surface area contributed by atoms with Gasteiger partial charge in [0.05, 0.1) is 25.2 Å². The molecule has 0 atom stereocenters. The first-order valence-corrected chi connectivity index (χ1v) is 9.24. The van der Waals surface area contributed by atoms with E-state index in [2.05, 4.69) is 30.5 Å². The molecule has 0 fully saturated rings. The van der Waals surface area contributed by atoms with Crippen LogP contribution in [0.4, 0.5) is 4.39 Å². The van der Waals surface area contributed by atoms with E-state index in [1.54, 1.807) is 6.07 Å². The van der Waals surface area contributed by atoms with Gasteiger partial charge in [0.1, 0.15) is 12.4 Å². The first-order chi connectivity index (χ1) is 13.0. The maximum atomic E-state index is 13.6. The van der Waals surface area contributed by atoms with Gasteiger partial charge in [0.2, 0.25) is 5.91 Å². The molecule has 27 heavy (non-hydrogen) atoms. The molecule has 0 aliphatic carbocycles. The Kier molecular flexibility index (Phi) is 7.95. The van der Waals surface area contributed by atoms with Crippen LogP contribution >= 0.6 is 0 Å². The molecule has 0 heterocycles. The number of hydrogen-bond acceptors (Lipinski definition) is 2. The minimum Gasteiger partial charge on any atom is -0.350 e. The fourth-order valence-electron chi connectivity index (χ4n) is 2.83. The van der Waals surface area contributed by atoms with E-state index < -0.39 is 11.7 Å². The van der Waals surface area contributed by atoms with Crippen LogP contribution in [0, 0.1) is 5.82 Å². The van der Waals surface area contributed by atoms with Crippen LogP contribution in [0.3, 0.4) is 0 Å². The minimum absolute atomic E-state index is 0.0714. The Labute approximate surface area is 159 Å². The molecule has 5 nitrogen and oxygen atoms in total. The van der Waals surface area contributed by atoms with Crippen molar-refractivity contribution in [2.75, 3.05) is 19.6 Å². The van der Waals surface area contributed by atoms with Gasteiger partial charge in [0, 0.05) is 12.1 Å². The number of hydrogen-bond donors (Lipinski definition) is 3. The Morgan fingerprint density at radius 3 is 2.22 bits per heavy atom. The lowest BCUT2D eigenvalue weighted by atomic mass is 10.1. The highest BCUT2D eigenvalue weighted by atomic mass is 19.1. The van der Waals surface area contributed by atoms with Crippen LogP contribution in [0.15, 0.2) is 48.5 Å². The molecule has 0 bridgehead atoms. The molecule has 0 aromatic heterocycles. The molecule has 2 amide bonds. The van der Waals surface area contributed by atoms with Crippen LogP contribution in [-0.2, 0) is 17.9 Å². The van der Waals surface area contributed by atoms with E-state index in [1.807, 2.05) is 18.2 Å². The molecular weight excluding hydrogens is 345 g/mol. The standard InChI is InChI=1S/C21H26FN3O2/c1-3-25(4-2)15-17-10-6-5-9-16(17)13-23-20(26)14-24-21(27)18-11-7-8-12-19(18)22/h5-12H,3-4,13-15H2,1-2H3,(H,23,26)(H,24,27)/p+1. The molecule has 0 saturated heterocycles. The zero-order valence-corrected chi connectivity index (χ0v) is 15.8. The average molecular weight is 372 g/mol. The summed E-state index contributed by atoms with van der Waals surface area (Å²) in [5.74, 6) is -1.53. The van der Waals surface area contributed by atoms with E-state index >= 15 is 0 Å². The lowest BCUT2D eigenvalue weighted by Crippen LogP contribution is -3.10. The number of carbonyl (C=O) groups excluding carboxylic acids is 2. The van der Waals surface area contributed by atoms with Gasteiger partial charge in [0.15, 0.2) is 0 Å². The summed E-state index contributed by atoms with van der Waals surface area (Å²) < 4.78 is 13.6. The van der Waals surface area contributed by atoms with Gasteiger partial charge in [0.25, 0.3) is 5.91 Å². The van der Waals surface area contributed by atoms with Crippen LogP contribution in [0.2, 0.25) is 0 Å². The predicted molar refractivity (Wildman–Crippen MR) is 103 cm³/mol. The third-order valence-corrected chi connectivity index (χ3v) is 4.56. The van der Waals surface area contributed by atoms with Crippen molar-refractivity contribution in [3.05, 3.63) is 71.0 Å². The highest BCUT2D eigenvalue weighted by molar-refractivity contribution is 5.96. The molecule has 2 aromatic carbocycles. The van der Waals surface area contributed by atoms with Crippen LogP contribution in [0.1, 0.15) is 35.3 Å². The molecule has 2 rings (SSSR count). The van der Waals surface area contributed by atoms with Gasteiger partial charge in [-0.1, -0.05) is 36.4 Å². The van der Waals surface area contributed by atoms with E-state index in [0.29, 0.717) is 6.54 Å². The molecular formula is C21H27FN3O2+. The van der Waals surface area contributed by atoms with Crippen LogP contribution < -0.4 is 15.5 Å². The zero-order chi connectivity index (χ0) is 19.6. The van der Waals surface area contributed by atoms with Crippen molar-refractivity contribution in [1.29, 1.82) is 0 Å². The second kappa shape index (κ2) is 10.4. The minimum atomic E-state index is -0.608. The molecule has 0 spiro atoms. The fraction of sp³-hybridized carbons (Fsp3) is 0.333. The Balaban J connectivity index is 1.87. The third-order valence-electron chi connectivity index (χ3n) is 4.56. The van der Waals surface area contributed by atoms with E-state index in [-0.39, 0.29) is 18.0 Å². The Hall–Kier alpha value is -2.73. The highest BCUT2D eigenvalue weighted by Gasteiger charge is 2.13. The van der Waals surface area contributed by atoms with E-state index in [4.69, 9.17) is 0 Å². The number of halogens is 1. The van der Waals surface area contributed by atoms with Crippen molar-refractivity contribution in [3.63, 3.8) is 0 Å². The second-order valence-electron chi connectivity index (χ2n) is 6.34. The summed E-state index contributed by atoms with van der Waals surface area (Å²) in [6.07, 6.45) is 0. The second-order valence-corrected chi connectivity index (χ2v) is 6.34. The number of amides is 2. The molecule has 2 aromatic rings. The van der Waals surface area contributed by atoms with Crippen molar-refractivity contribution >= 4 is 11.8 Å². The number of rotatable bonds is 9. The van der Waals surface area contributed by atoms with Crippen LogP contribution in [0.25, 0.3) is 0 Å². The number of nitrogens with one attached hydrogen (secondary N) is 3. The smallest absolute Gasteiger partial charge is 0.254 e. The largest absolute Gasteiger partial charge is 0.350 e. The predicted octanol–water partition coefficient (Wildman–Crippen LogP) is 1.30. The first-order valence-electron chi connectivity index (χ1n) is 9.24. The van der Waals surface area contributed by atoms with Crippen molar-refractivity contribution in [2.45, 2.75) is 26.9 Å². The molecule has 0 aliphatic rings. The average Bonchev–Trinajstić information content (AvgIpc) is 2.69. The van der Waals surface area contributed by atoms with Gasteiger partial charge in [-0.3, -0.25) is 9.59 Å². The molecule has 0 radical (unpaired) electrons. The monoisotopic (exact) mass is 372 g/mol. The van der Waals surface area contributed by atoms with Crippen molar-refractivity contribution in [3.8, 4) is 0 Å². The molecule has 3 N–H and O–H groups in total. The summed E-state index contributed by atoms with van der Waals surface area (Å²) in [7, 11) is 0. The number of quaternary nitrogens is 1. The summed E-state index contributed by atoms with van der Waals surface area (Å²) in [6.45, 7) is 7.49. The van der Waals surface area contributed by atoms with Gasteiger partial charge >= 0.3 is 0 Å². The van der Waals surface area contributed by atoms with Gasteiger partial charge in [-0.05, 0) is 31.5 Å². The SMILES string of the molecule is CC[NH+](CC)Cc1ccccc1CNC(=O)CNC(=O)c1ccccc1F. The maximum Gasteiger partial charge on any atom is 0.254 e. The molecule has 144 valence electrons. The van der Waals surface area contributed by atoms with E-state index in [0.717, 1.165) is 25.2 Å². The van der Waals surface area contributed by atoms with Gasteiger partial charge in [-0.25, -0.2) is 4.39 Å². The Morgan fingerprint density at radius 2 is 1.56 bits per heavy atom.